The average molecular weight is 560 g/mol. The molecule has 0 spiro atoms. The van der Waals surface area contributed by atoms with Gasteiger partial charge in [0.25, 0.3) is 0 Å². The smallest absolute Gasteiger partial charge is 0.196 e. The summed E-state index contributed by atoms with van der Waals surface area (Å²) in [5, 5.41) is 3.88. The largest absolute Gasteiger partial charge is 0.455 e. The van der Waals surface area contributed by atoms with Crippen molar-refractivity contribution in [3.05, 3.63) is 87.6 Å². The summed E-state index contributed by atoms with van der Waals surface area (Å²) < 4.78 is 28.1. The van der Waals surface area contributed by atoms with Gasteiger partial charge in [0, 0.05) is 41.5 Å². The third-order valence-corrected chi connectivity index (χ3v) is 8.73. The van der Waals surface area contributed by atoms with E-state index in [1.54, 1.807) is 18.2 Å². The topological polar surface area (TPSA) is 86.0 Å². The Bertz CT molecular complexity index is 1610. The van der Waals surface area contributed by atoms with Crippen LogP contribution in [0, 0.1) is 13.8 Å². The van der Waals surface area contributed by atoms with E-state index in [2.05, 4.69) is 41.3 Å². The van der Waals surface area contributed by atoms with Crippen molar-refractivity contribution in [2.45, 2.75) is 50.6 Å². The van der Waals surface area contributed by atoms with Crippen LogP contribution in [0.5, 0.6) is 0 Å². The van der Waals surface area contributed by atoms with Gasteiger partial charge in [0.05, 0.1) is 22.0 Å². The van der Waals surface area contributed by atoms with E-state index < -0.39 is 11.1 Å². The number of nitrogens with one attached hydrogen (secondary N) is 1. The lowest BCUT2D eigenvalue weighted by Crippen LogP contribution is -2.41. The third kappa shape index (κ3) is 5.57. The number of piperidine rings is 1. The molecule has 5 rings (SSSR count). The van der Waals surface area contributed by atoms with Crippen LogP contribution in [0.25, 0.3) is 22.3 Å². The van der Waals surface area contributed by atoms with Gasteiger partial charge in [-0.2, -0.15) is 0 Å². The number of fused-ring (bicyclic) bond motifs is 1. The minimum atomic E-state index is -2.13. The molecule has 1 aliphatic rings. The normalized spacial score (nSPS) is 15.9. The predicted octanol–water partition coefficient (Wildman–Crippen LogP) is 6.36. The number of anilines is 2. The van der Waals surface area contributed by atoms with E-state index >= 15 is 0 Å². The standard InChI is InChI=1S/C32H37N3O4S/c1-20-18-26(22(3)33-28-8-6-7-9-29(28)40(37)38)32-27(19-20)30(36)21(2)31(39-32)23-10-12-25(13-11-23)35-16-14-24(15-17-35)34(4)5/h6-13,18-19,22,24,33H,14-17H2,1-5H3,(H,37,38)/t22-/m1/s1. The van der Waals surface area contributed by atoms with E-state index in [9.17, 15) is 13.6 Å². The maximum Gasteiger partial charge on any atom is 0.196 e. The van der Waals surface area contributed by atoms with Gasteiger partial charge in [-0.15, -0.1) is 0 Å². The zero-order valence-electron chi connectivity index (χ0n) is 23.7. The van der Waals surface area contributed by atoms with Crippen LogP contribution < -0.4 is 15.6 Å². The summed E-state index contributed by atoms with van der Waals surface area (Å²) in [7, 11) is 4.29. The predicted molar refractivity (Wildman–Crippen MR) is 164 cm³/mol. The highest BCUT2D eigenvalue weighted by Gasteiger charge is 2.22. The first kappa shape index (κ1) is 28.1. The second-order valence-electron chi connectivity index (χ2n) is 11.0. The monoisotopic (exact) mass is 559 g/mol. The second kappa shape index (κ2) is 11.6. The number of nitrogens with zero attached hydrogens (tertiary/aromatic N) is 2. The fourth-order valence-electron chi connectivity index (χ4n) is 5.68. The van der Waals surface area contributed by atoms with Crippen molar-refractivity contribution in [2.75, 3.05) is 37.4 Å². The Labute approximate surface area is 238 Å². The lowest BCUT2D eigenvalue weighted by atomic mass is 9.98. The molecule has 3 aromatic carbocycles. The first-order chi connectivity index (χ1) is 19.1. The van der Waals surface area contributed by atoms with Crippen molar-refractivity contribution < 1.29 is 13.2 Å². The van der Waals surface area contributed by atoms with Crippen LogP contribution in [-0.4, -0.2) is 46.9 Å². The highest BCUT2D eigenvalue weighted by Crippen LogP contribution is 2.34. The molecule has 0 saturated carbocycles. The van der Waals surface area contributed by atoms with Crippen LogP contribution in [-0.2, 0) is 11.1 Å². The quantitative estimate of drug-likeness (QED) is 0.255. The number of hydrogen-bond donors (Lipinski definition) is 2. The Morgan fingerprint density at radius 2 is 1.73 bits per heavy atom. The Morgan fingerprint density at radius 3 is 2.38 bits per heavy atom. The van der Waals surface area contributed by atoms with Gasteiger partial charge in [0.1, 0.15) is 11.3 Å². The molecule has 2 atom stereocenters. The molecule has 4 aromatic rings. The summed E-state index contributed by atoms with van der Waals surface area (Å²) >= 11 is -2.13. The molecule has 1 fully saturated rings. The minimum Gasteiger partial charge on any atom is -0.455 e. The van der Waals surface area contributed by atoms with Crippen LogP contribution in [0.15, 0.2) is 74.8 Å². The van der Waals surface area contributed by atoms with E-state index in [0.29, 0.717) is 38.9 Å². The van der Waals surface area contributed by atoms with Crippen LogP contribution in [0.2, 0.25) is 0 Å². The number of aryl methyl sites for hydroxylation is 1. The van der Waals surface area contributed by atoms with Gasteiger partial charge < -0.3 is 24.1 Å². The molecule has 8 heteroatoms. The summed E-state index contributed by atoms with van der Waals surface area (Å²) in [5.41, 5.74) is 5.39. The zero-order valence-corrected chi connectivity index (χ0v) is 24.5. The molecule has 2 heterocycles. The van der Waals surface area contributed by atoms with E-state index in [4.69, 9.17) is 4.42 Å². The van der Waals surface area contributed by atoms with E-state index in [1.165, 1.54) is 5.69 Å². The highest BCUT2D eigenvalue weighted by molar-refractivity contribution is 7.79. The van der Waals surface area contributed by atoms with E-state index in [-0.39, 0.29) is 11.5 Å². The lowest BCUT2D eigenvalue weighted by molar-refractivity contribution is 0.249. The van der Waals surface area contributed by atoms with E-state index in [1.807, 2.05) is 51.1 Å². The summed E-state index contributed by atoms with van der Waals surface area (Å²) in [5.74, 6) is 0.560. The van der Waals surface area contributed by atoms with Crippen LogP contribution >= 0.6 is 0 Å². The molecule has 0 bridgehead atoms. The molecule has 0 radical (unpaired) electrons. The van der Waals surface area contributed by atoms with Gasteiger partial charge in [0.15, 0.2) is 16.5 Å². The van der Waals surface area contributed by atoms with E-state index in [0.717, 1.165) is 42.6 Å². The molecule has 1 aliphatic heterocycles. The fraction of sp³-hybridized carbons (Fsp3) is 0.344. The van der Waals surface area contributed by atoms with Crippen molar-refractivity contribution in [1.29, 1.82) is 0 Å². The fourth-order valence-corrected chi connectivity index (χ4v) is 6.19. The van der Waals surface area contributed by atoms with Crippen LogP contribution in [0.1, 0.15) is 42.5 Å². The zero-order chi connectivity index (χ0) is 28.6. The van der Waals surface area contributed by atoms with Crippen molar-refractivity contribution in [2.24, 2.45) is 0 Å². The van der Waals surface area contributed by atoms with Crippen molar-refractivity contribution in [1.82, 2.24) is 4.90 Å². The molecule has 0 amide bonds. The number of hydrogen-bond acceptors (Lipinski definition) is 6. The maximum atomic E-state index is 13.6. The van der Waals surface area contributed by atoms with Crippen LogP contribution in [0.3, 0.4) is 0 Å². The van der Waals surface area contributed by atoms with Crippen LogP contribution in [0.4, 0.5) is 11.4 Å². The summed E-state index contributed by atoms with van der Waals surface area (Å²) in [4.78, 5) is 18.6. The Balaban J connectivity index is 1.50. The third-order valence-electron chi connectivity index (χ3n) is 8.00. The Kier molecular flexibility index (Phi) is 8.12. The number of rotatable bonds is 7. The number of benzene rings is 3. The molecule has 210 valence electrons. The first-order valence-corrected chi connectivity index (χ1v) is 14.8. The molecule has 1 aromatic heterocycles. The molecule has 40 heavy (non-hydrogen) atoms. The highest BCUT2D eigenvalue weighted by atomic mass is 32.2. The van der Waals surface area contributed by atoms with Gasteiger partial charge >= 0.3 is 0 Å². The van der Waals surface area contributed by atoms with Crippen molar-refractivity contribution in [3.8, 4) is 11.3 Å². The molecule has 2 N–H and O–H groups in total. The summed E-state index contributed by atoms with van der Waals surface area (Å²) in [6, 6.07) is 19.4. The maximum absolute atomic E-state index is 13.6. The molecule has 1 unspecified atom stereocenters. The Hall–Kier alpha value is -3.46. The molecule has 7 nitrogen and oxygen atoms in total. The van der Waals surface area contributed by atoms with Crippen molar-refractivity contribution >= 4 is 33.4 Å². The van der Waals surface area contributed by atoms with Gasteiger partial charge in [-0.25, -0.2) is 4.21 Å². The van der Waals surface area contributed by atoms with Gasteiger partial charge in [0.2, 0.25) is 0 Å². The van der Waals surface area contributed by atoms with Gasteiger partial charge in [-0.05, 0) is 95.7 Å². The molecule has 1 saturated heterocycles. The molecular formula is C32H37N3O4S. The second-order valence-corrected chi connectivity index (χ2v) is 11.9. The summed E-state index contributed by atoms with van der Waals surface area (Å²) in [6.45, 7) is 7.77. The Morgan fingerprint density at radius 1 is 1.05 bits per heavy atom. The molecular weight excluding hydrogens is 522 g/mol. The first-order valence-electron chi connectivity index (χ1n) is 13.7. The number of para-hydroxylation sites is 1. The summed E-state index contributed by atoms with van der Waals surface area (Å²) in [6.07, 6.45) is 2.28. The molecule has 0 aliphatic carbocycles. The lowest BCUT2D eigenvalue weighted by Gasteiger charge is -2.36. The minimum absolute atomic E-state index is 0.0555. The van der Waals surface area contributed by atoms with Gasteiger partial charge in [-0.3, -0.25) is 4.79 Å². The SMILES string of the molecule is Cc1cc([C@@H](C)Nc2ccccc2S(=O)O)c2oc(-c3ccc(N4CCC(N(C)C)CC4)cc3)c(C)c(=O)c2c1. The average Bonchev–Trinajstić information content (AvgIpc) is 2.95. The van der Waals surface area contributed by atoms with Crippen molar-refractivity contribution in [3.63, 3.8) is 0 Å². The van der Waals surface area contributed by atoms with Gasteiger partial charge in [-0.1, -0.05) is 18.2 Å².